The number of carbonyl (C=O) groups is 1. The molecule has 20 heavy (non-hydrogen) atoms. The molecule has 1 aromatic carbocycles. The number of hydrogen-bond donors (Lipinski definition) is 0. The molecule has 0 N–H and O–H groups in total. The second-order valence-electron chi connectivity index (χ2n) is 4.97. The van der Waals surface area contributed by atoms with Crippen LogP contribution >= 0.6 is 0 Å². The van der Waals surface area contributed by atoms with Gasteiger partial charge in [-0.15, -0.1) is 0 Å². The fourth-order valence-corrected chi connectivity index (χ4v) is 2.31. The Hall–Kier alpha value is -2.34. The molecule has 102 valence electrons. The van der Waals surface area contributed by atoms with E-state index in [9.17, 15) is 10.1 Å². The van der Waals surface area contributed by atoms with Crippen LogP contribution in [0.2, 0.25) is 0 Å². The maximum atomic E-state index is 12.2. The van der Waals surface area contributed by atoms with Crippen molar-refractivity contribution in [3.63, 3.8) is 0 Å². The van der Waals surface area contributed by atoms with Crippen molar-refractivity contribution < 1.29 is 4.79 Å². The number of amides is 1. The lowest BCUT2D eigenvalue weighted by Gasteiger charge is -2.14. The number of hydrogen-bond acceptors (Lipinski definition) is 2. The number of allylic oxidation sites excluding steroid dienone is 2. The number of benzene rings is 1. The maximum Gasteiger partial charge on any atom is 0.264 e. The van der Waals surface area contributed by atoms with Gasteiger partial charge in [0.2, 0.25) is 0 Å². The van der Waals surface area contributed by atoms with E-state index in [1.165, 1.54) is 0 Å². The molecule has 1 aliphatic heterocycles. The molecule has 0 aromatic heterocycles. The summed E-state index contributed by atoms with van der Waals surface area (Å²) in [5, 5.41) is 9.18. The number of nitrogens with zero attached hydrogens (tertiary/aromatic N) is 2. The third kappa shape index (κ3) is 3.58. The van der Waals surface area contributed by atoms with Crippen LogP contribution in [0.15, 0.2) is 47.6 Å². The first-order valence-corrected chi connectivity index (χ1v) is 6.85. The molecule has 0 aliphatic carbocycles. The molecule has 0 spiro atoms. The standard InChI is InChI=1S/C17H18N2O/c1-14(11-15-7-3-2-4-8-15)12-16(13-18)17(20)19-9-5-6-10-19/h2-4,7-8,11-12H,5-6,9-10H2,1H3/b14-11+,16-12+. The summed E-state index contributed by atoms with van der Waals surface area (Å²) >= 11 is 0. The summed E-state index contributed by atoms with van der Waals surface area (Å²) in [4.78, 5) is 13.9. The molecule has 0 atom stereocenters. The summed E-state index contributed by atoms with van der Waals surface area (Å²) in [5.41, 5.74) is 2.18. The Kier molecular flexibility index (Phi) is 4.73. The normalized spacial score (nSPS) is 16.1. The van der Waals surface area contributed by atoms with Crippen molar-refractivity contribution in [3.8, 4) is 6.07 Å². The molecule has 1 fully saturated rings. The van der Waals surface area contributed by atoms with Crippen LogP contribution in [0.3, 0.4) is 0 Å². The van der Waals surface area contributed by atoms with E-state index in [2.05, 4.69) is 0 Å². The van der Waals surface area contributed by atoms with Gasteiger partial charge in [-0.1, -0.05) is 36.4 Å². The molecular formula is C17H18N2O. The monoisotopic (exact) mass is 266 g/mol. The first kappa shape index (κ1) is 14.1. The van der Waals surface area contributed by atoms with E-state index in [1.54, 1.807) is 11.0 Å². The fourth-order valence-electron chi connectivity index (χ4n) is 2.31. The number of likely N-dealkylation sites (tertiary alicyclic amines) is 1. The van der Waals surface area contributed by atoms with Crippen molar-refractivity contribution in [1.29, 1.82) is 5.26 Å². The van der Waals surface area contributed by atoms with Gasteiger partial charge in [0.15, 0.2) is 0 Å². The van der Waals surface area contributed by atoms with Crippen LogP contribution in [-0.2, 0) is 4.79 Å². The van der Waals surface area contributed by atoms with Gasteiger partial charge in [0, 0.05) is 13.1 Å². The van der Waals surface area contributed by atoms with Crippen molar-refractivity contribution in [1.82, 2.24) is 4.90 Å². The zero-order chi connectivity index (χ0) is 14.4. The van der Waals surface area contributed by atoms with E-state index in [-0.39, 0.29) is 11.5 Å². The Labute approximate surface area is 119 Å². The molecule has 3 nitrogen and oxygen atoms in total. The molecule has 2 rings (SSSR count). The van der Waals surface area contributed by atoms with Gasteiger partial charge in [-0.2, -0.15) is 5.26 Å². The SMILES string of the molecule is CC(=C\c1ccccc1)/C=C(\C#N)C(=O)N1CCCC1. The lowest BCUT2D eigenvalue weighted by Crippen LogP contribution is -2.28. The number of nitriles is 1. The predicted octanol–water partition coefficient (Wildman–Crippen LogP) is 3.16. The average molecular weight is 266 g/mol. The molecule has 0 unspecified atom stereocenters. The molecule has 0 bridgehead atoms. The smallest absolute Gasteiger partial charge is 0.264 e. The minimum atomic E-state index is -0.147. The zero-order valence-electron chi connectivity index (χ0n) is 11.7. The molecule has 1 amide bonds. The minimum Gasteiger partial charge on any atom is -0.338 e. The van der Waals surface area contributed by atoms with E-state index >= 15 is 0 Å². The topological polar surface area (TPSA) is 44.1 Å². The van der Waals surface area contributed by atoms with E-state index in [1.807, 2.05) is 49.4 Å². The summed E-state index contributed by atoms with van der Waals surface area (Å²) in [6, 6.07) is 11.9. The second-order valence-corrected chi connectivity index (χ2v) is 4.97. The first-order chi connectivity index (χ1) is 9.70. The Morgan fingerprint density at radius 3 is 2.50 bits per heavy atom. The van der Waals surface area contributed by atoms with Crippen LogP contribution in [0.5, 0.6) is 0 Å². The minimum absolute atomic E-state index is 0.147. The lowest BCUT2D eigenvalue weighted by atomic mass is 10.1. The highest BCUT2D eigenvalue weighted by Crippen LogP contribution is 2.14. The van der Waals surface area contributed by atoms with Gasteiger partial charge >= 0.3 is 0 Å². The van der Waals surface area contributed by atoms with Crippen molar-refractivity contribution in [2.45, 2.75) is 19.8 Å². The van der Waals surface area contributed by atoms with E-state index in [0.29, 0.717) is 0 Å². The molecule has 1 saturated heterocycles. The molecule has 0 radical (unpaired) electrons. The van der Waals surface area contributed by atoms with Gasteiger partial charge < -0.3 is 4.90 Å². The maximum absolute atomic E-state index is 12.2. The summed E-state index contributed by atoms with van der Waals surface area (Å²) < 4.78 is 0. The van der Waals surface area contributed by atoms with Gasteiger partial charge in [0.25, 0.3) is 5.91 Å². The van der Waals surface area contributed by atoms with Gasteiger partial charge in [0.05, 0.1) is 0 Å². The van der Waals surface area contributed by atoms with Crippen LogP contribution in [0.25, 0.3) is 6.08 Å². The summed E-state index contributed by atoms with van der Waals surface area (Å²) in [6.45, 7) is 3.43. The molecule has 1 aromatic rings. The van der Waals surface area contributed by atoms with Crippen molar-refractivity contribution in [3.05, 3.63) is 53.1 Å². The van der Waals surface area contributed by atoms with Gasteiger partial charge in [-0.3, -0.25) is 4.79 Å². The van der Waals surface area contributed by atoms with Crippen molar-refractivity contribution in [2.75, 3.05) is 13.1 Å². The highest BCUT2D eigenvalue weighted by Gasteiger charge is 2.21. The molecule has 1 heterocycles. The zero-order valence-corrected chi connectivity index (χ0v) is 11.7. The predicted molar refractivity (Wildman–Crippen MR) is 79.6 cm³/mol. The number of rotatable bonds is 3. The molecule has 0 saturated carbocycles. The van der Waals surface area contributed by atoms with Gasteiger partial charge in [0.1, 0.15) is 11.6 Å². The van der Waals surface area contributed by atoms with Gasteiger partial charge in [-0.05, 0) is 37.0 Å². The quantitative estimate of drug-likeness (QED) is 0.479. The molecule has 3 heteroatoms. The lowest BCUT2D eigenvalue weighted by molar-refractivity contribution is -0.125. The van der Waals surface area contributed by atoms with Gasteiger partial charge in [-0.25, -0.2) is 0 Å². The Morgan fingerprint density at radius 2 is 1.90 bits per heavy atom. The average Bonchev–Trinajstić information content (AvgIpc) is 2.99. The molecular weight excluding hydrogens is 248 g/mol. The van der Waals surface area contributed by atoms with Crippen LogP contribution in [-0.4, -0.2) is 23.9 Å². The Balaban J connectivity index is 2.16. The van der Waals surface area contributed by atoms with Crippen LogP contribution in [0, 0.1) is 11.3 Å². The fraction of sp³-hybridized carbons (Fsp3) is 0.294. The third-order valence-electron chi connectivity index (χ3n) is 3.31. The van der Waals surface area contributed by atoms with E-state index in [4.69, 9.17) is 0 Å². The van der Waals surface area contributed by atoms with E-state index in [0.717, 1.165) is 37.1 Å². The second kappa shape index (κ2) is 6.72. The first-order valence-electron chi connectivity index (χ1n) is 6.85. The number of carbonyl (C=O) groups excluding carboxylic acids is 1. The van der Waals surface area contributed by atoms with Crippen molar-refractivity contribution in [2.24, 2.45) is 0 Å². The van der Waals surface area contributed by atoms with E-state index < -0.39 is 0 Å². The van der Waals surface area contributed by atoms with Crippen LogP contribution in [0.4, 0.5) is 0 Å². The summed E-state index contributed by atoms with van der Waals surface area (Å²) in [6.07, 6.45) is 5.70. The highest BCUT2D eigenvalue weighted by molar-refractivity contribution is 5.98. The van der Waals surface area contributed by atoms with Crippen molar-refractivity contribution >= 4 is 12.0 Å². The summed E-state index contributed by atoms with van der Waals surface area (Å²) in [5.74, 6) is -0.147. The van der Waals surface area contributed by atoms with Crippen LogP contribution < -0.4 is 0 Å². The van der Waals surface area contributed by atoms with Crippen LogP contribution in [0.1, 0.15) is 25.3 Å². The third-order valence-corrected chi connectivity index (χ3v) is 3.31. The highest BCUT2D eigenvalue weighted by atomic mass is 16.2. The Bertz CT molecular complexity index is 573. The Morgan fingerprint density at radius 1 is 1.25 bits per heavy atom. The summed E-state index contributed by atoms with van der Waals surface area (Å²) in [7, 11) is 0. The largest absolute Gasteiger partial charge is 0.338 e. The molecule has 1 aliphatic rings.